The Labute approximate surface area is 108 Å². The maximum Gasteiger partial charge on any atom is 0.288 e. The van der Waals surface area contributed by atoms with Gasteiger partial charge in [0, 0.05) is 12.1 Å². The Balaban J connectivity index is 2.49. The number of carbonyl (C=O) groups excluding carboxylic acids is 1. The van der Waals surface area contributed by atoms with E-state index in [1.807, 2.05) is 6.07 Å². The number of nitrogens with zero attached hydrogens (tertiary/aromatic N) is 1. The van der Waals surface area contributed by atoms with Gasteiger partial charge in [0.25, 0.3) is 5.91 Å². The Morgan fingerprint density at radius 2 is 1.88 bits per heavy atom. The van der Waals surface area contributed by atoms with E-state index < -0.39 is 15.9 Å². The topological polar surface area (TPSA) is 53.2 Å². The van der Waals surface area contributed by atoms with E-state index in [4.69, 9.17) is 34.8 Å². The largest absolute Gasteiger partial charge is 0.369 e. The summed E-state index contributed by atoms with van der Waals surface area (Å²) in [5, 5.41) is 11.5. The maximum atomic E-state index is 11.4. The highest BCUT2D eigenvalue weighted by atomic mass is 35.6. The van der Waals surface area contributed by atoms with E-state index >= 15 is 0 Å². The van der Waals surface area contributed by atoms with E-state index in [0.29, 0.717) is 0 Å². The third-order valence-electron chi connectivity index (χ3n) is 1.71. The van der Waals surface area contributed by atoms with Crippen molar-refractivity contribution < 1.29 is 14.5 Å². The average molecular weight is 285 g/mol. The molecule has 1 rings (SSSR count). The fourth-order valence-corrected chi connectivity index (χ4v) is 1.15. The quantitative estimate of drug-likeness (QED) is 0.490. The molecule has 0 aliphatic heterocycles. The predicted molar refractivity (Wildman–Crippen MR) is 61.1 cm³/mol. The van der Waals surface area contributed by atoms with Crippen molar-refractivity contribution in [1.29, 1.82) is 0 Å². The van der Waals surface area contributed by atoms with Crippen molar-refractivity contribution in [2.75, 3.05) is 0 Å². The minimum absolute atomic E-state index is 0.0403. The summed E-state index contributed by atoms with van der Waals surface area (Å²) in [6, 6.07) is 5.38. The van der Waals surface area contributed by atoms with Gasteiger partial charge in [0.15, 0.2) is 18.6 Å². The molecule has 2 N–H and O–H groups in total. The molecule has 0 spiro atoms. The first-order valence-corrected chi connectivity index (χ1v) is 5.51. The minimum atomic E-state index is -1.93. The number of halogens is 3. The van der Waals surface area contributed by atoms with Gasteiger partial charge in [-0.3, -0.25) is 4.79 Å². The molecule has 7 heteroatoms. The van der Waals surface area contributed by atoms with Crippen LogP contribution in [0.4, 0.5) is 0 Å². The molecule has 88 valence electrons. The van der Waals surface area contributed by atoms with Gasteiger partial charge in [0.2, 0.25) is 10.3 Å². The van der Waals surface area contributed by atoms with Crippen LogP contribution in [0.3, 0.4) is 0 Å². The van der Waals surface area contributed by atoms with Gasteiger partial charge in [-0.15, -0.1) is 0 Å². The molecule has 1 unspecified atom stereocenters. The van der Waals surface area contributed by atoms with E-state index in [2.05, 4.69) is 5.32 Å². The third kappa shape index (κ3) is 4.53. The molecule has 0 aromatic carbocycles. The van der Waals surface area contributed by atoms with Gasteiger partial charge in [-0.2, -0.15) is 4.57 Å². The molecule has 0 aliphatic rings. The molecule has 0 aliphatic carbocycles. The van der Waals surface area contributed by atoms with Crippen LogP contribution in [-0.4, -0.2) is 21.0 Å². The standard InChI is InChI=1S/C9H9Cl3N2O2/c10-9(11,12)8(16)13-7(15)6-14-4-2-1-3-5-14/h1-5,8,16H,6H2/p+1. The molecule has 0 saturated heterocycles. The normalized spacial score (nSPS) is 13.2. The van der Waals surface area contributed by atoms with Crippen LogP contribution in [0.15, 0.2) is 30.6 Å². The van der Waals surface area contributed by atoms with Crippen LogP contribution in [-0.2, 0) is 11.3 Å². The lowest BCUT2D eigenvalue weighted by molar-refractivity contribution is -0.684. The maximum absolute atomic E-state index is 11.4. The van der Waals surface area contributed by atoms with Crippen molar-refractivity contribution in [3.63, 3.8) is 0 Å². The highest BCUT2D eigenvalue weighted by molar-refractivity contribution is 6.68. The molecule has 1 aromatic rings. The second kappa shape index (κ2) is 5.68. The summed E-state index contributed by atoms with van der Waals surface area (Å²) < 4.78 is -0.308. The van der Waals surface area contributed by atoms with Gasteiger partial charge >= 0.3 is 0 Å². The van der Waals surface area contributed by atoms with E-state index in [-0.39, 0.29) is 6.54 Å². The zero-order chi connectivity index (χ0) is 12.2. The molecular weight excluding hydrogens is 274 g/mol. The zero-order valence-electron chi connectivity index (χ0n) is 8.11. The van der Waals surface area contributed by atoms with Gasteiger partial charge < -0.3 is 10.4 Å². The Kier molecular flexibility index (Phi) is 4.80. The average Bonchev–Trinajstić information content (AvgIpc) is 2.17. The Morgan fingerprint density at radius 1 is 1.31 bits per heavy atom. The first-order chi connectivity index (χ1) is 7.39. The van der Waals surface area contributed by atoms with Gasteiger partial charge in [-0.25, -0.2) is 0 Å². The first-order valence-electron chi connectivity index (χ1n) is 4.38. The number of aromatic nitrogens is 1. The van der Waals surface area contributed by atoms with Gasteiger partial charge in [-0.05, 0) is 0 Å². The van der Waals surface area contributed by atoms with Crippen molar-refractivity contribution in [3.8, 4) is 0 Å². The van der Waals surface area contributed by atoms with Crippen molar-refractivity contribution in [1.82, 2.24) is 5.32 Å². The van der Waals surface area contributed by atoms with Crippen LogP contribution in [0.5, 0.6) is 0 Å². The predicted octanol–water partition coefficient (Wildman–Crippen LogP) is 0.779. The number of aliphatic hydroxyl groups excluding tert-OH is 1. The van der Waals surface area contributed by atoms with Crippen LogP contribution >= 0.6 is 34.8 Å². The molecule has 1 heterocycles. The van der Waals surface area contributed by atoms with Gasteiger partial charge in [0.1, 0.15) is 0 Å². The van der Waals surface area contributed by atoms with Crippen LogP contribution in [0, 0.1) is 0 Å². The Hall–Kier alpha value is -0.550. The number of hydrogen-bond acceptors (Lipinski definition) is 2. The SMILES string of the molecule is O=C(C[n+]1ccccc1)NC(O)C(Cl)(Cl)Cl. The number of amides is 1. The van der Waals surface area contributed by atoms with E-state index in [9.17, 15) is 9.90 Å². The number of alkyl halides is 3. The Morgan fingerprint density at radius 3 is 2.38 bits per heavy atom. The monoisotopic (exact) mass is 283 g/mol. The molecule has 1 aromatic heterocycles. The van der Waals surface area contributed by atoms with Crippen molar-refractivity contribution >= 4 is 40.7 Å². The number of nitrogens with one attached hydrogen (secondary N) is 1. The summed E-state index contributed by atoms with van der Waals surface area (Å²) in [6.07, 6.45) is 1.89. The molecule has 1 atom stereocenters. The molecule has 0 saturated carbocycles. The second-order valence-corrected chi connectivity index (χ2v) is 5.43. The van der Waals surface area contributed by atoms with Crippen molar-refractivity contribution in [2.24, 2.45) is 0 Å². The van der Waals surface area contributed by atoms with Gasteiger partial charge in [-0.1, -0.05) is 40.9 Å². The van der Waals surface area contributed by atoms with E-state index in [0.717, 1.165) is 0 Å². The number of pyridine rings is 1. The molecule has 0 bridgehead atoms. The lowest BCUT2D eigenvalue weighted by Crippen LogP contribution is -2.49. The lowest BCUT2D eigenvalue weighted by Gasteiger charge is -2.18. The summed E-state index contributed by atoms with van der Waals surface area (Å²) in [6.45, 7) is 0.0403. The molecule has 0 fully saturated rings. The van der Waals surface area contributed by atoms with Crippen molar-refractivity contribution in [3.05, 3.63) is 30.6 Å². The summed E-state index contributed by atoms with van der Waals surface area (Å²) in [7, 11) is 0. The first kappa shape index (κ1) is 13.5. The van der Waals surface area contributed by atoms with Crippen LogP contribution < -0.4 is 9.88 Å². The molecule has 4 nitrogen and oxygen atoms in total. The lowest BCUT2D eigenvalue weighted by atomic mass is 10.4. The number of hydrogen-bond donors (Lipinski definition) is 2. The summed E-state index contributed by atoms with van der Waals surface area (Å²) in [4.78, 5) is 11.4. The highest BCUT2D eigenvalue weighted by Gasteiger charge is 2.32. The highest BCUT2D eigenvalue weighted by Crippen LogP contribution is 2.28. The second-order valence-electron chi connectivity index (χ2n) is 3.06. The fourth-order valence-electron chi connectivity index (χ4n) is 0.986. The van der Waals surface area contributed by atoms with Crippen molar-refractivity contribution in [2.45, 2.75) is 16.6 Å². The minimum Gasteiger partial charge on any atom is -0.369 e. The van der Waals surface area contributed by atoms with Gasteiger partial charge in [0.05, 0.1) is 0 Å². The summed E-state index contributed by atoms with van der Waals surface area (Å²) in [5.41, 5.74) is 0. The Bertz CT molecular complexity index is 354. The zero-order valence-corrected chi connectivity index (χ0v) is 10.4. The van der Waals surface area contributed by atoms with Crippen LogP contribution in [0.1, 0.15) is 0 Å². The van der Waals surface area contributed by atoms with E-state index in [1.165, 1.54) is 0 Å². The number of carbonyl (C=O) groups is 1. The number of aliphatic hydroxyl groups is 1. The summed E-state index contributed by atoms with van der Waals surface area (Å²) >= 11 is 16.2. The summed E-state index contributed by atoms with van der Waals surface area (Å²) in [5.74, 6) is -0.449. The van der Waals surface area contributed by atoms with Crippen LogP contribution in [0.25, 0.3) is 0 Å². The third-order valence-corrected chi connectivity index (χ3v) is 2.33. The van der Waals surface area contributed by atoms with Crippen LogP contribution in [0.2, 0.25) is 0 Å². The smallest absolute Gasteiger partial charge is 0.288 e. The molecule has 16 heavy (non-hydrogen) atoms. The fraction of sp³-hybridized carbons (Fsp3) is 0.333. The number of rotatable bonds is 3. The molecule has 0 radical (unpaired) electrons. The molecule has 1 amide bonds. The van der Waals surface area contributed by atoms with E-state index in [1.54, 1.807) is 29.1 Å². The molecular formula is C9H10Cl3N2O2+.